The predicted octanol–water partition coefficient (Wildman–Crippen LogP) is 3.96. The van der Waals surface area contributed by atoms with Crippen LogP contribution in [0.3, 0.4) is 0 Å². The van der Waals surface area contributed by atoms with Gasteiger partial charge in [0.25, 0.3) is 0 Å². The SMILES string of the molecule is CC[C@H](O)Cn1nc(Nc2cc(F)cc(OC)c2)nc1-c1cc(C)nc(Cl)c1. The molecule has 0 aliphatic rings. The van der Waals surface area contributed by atoms with Crippen LogP contribution in [0.1, 0.15) is 19.0 Å². The van der Waals surface area contributed by atoms with Gasteiger partial charge in [-0.1, -0.05) is 18.5 Å². The summed E-state index contributed by atoms with van der Waals surface area (Å²) in [6.07, 6.45) is -0.0137. The van der Waals surface area contributed by atoms with E-state index < -0.39 is 11.9 Å². The average Bonchev–Trinajstić information content (AvgIpc) is 3.02. The maximum Gasteiger partial charge on any atom is 0.247 e. The summed E-state index contributed by atoms with van der Waals surface area (Å²) in [7, 11) is 1.46. The van der Waals surface area contributed by atoms with Gasteiger partial charge in [0.1, 0.15) is 16.7 Å². The number of anilines is 2. The summed E-state index contributed by atoms with van der Waals surface area (Å²) in [5, 5.41) is 17.8. The molecule has 7 nitrogen and oxygen atoms in total. The number of aryl methyl sites for hydroxylation is 1. The molecular formula is C19H21ClFN5O2. The maximum atomic E-state index is 13.8. The van der Waals surface area contributed by atoms with Crippen LogP contribution >= 0.6 is 11.6 Å². The average molecular weight is 406 g/mol. The third kappa shape index (κ3) is 4.76. The lowest BCUT2D eigenvalue weighted by Crippen LogP contribution is -2.16. The largest absolute Gasteiger partial charge is 0.497 e. The first-order valence-electron chi connectivity index (χ1n) is 8.77. The Labute approximate surface area is 167 Å². The van der Waals surface area contributed by atoms with Crippen molar-refractivity contribution in [3.63, 3.8) is 0 Å². The van der Waals surface area contributed by atoms with Gasteiger partial charge in [0.2, 0.25) is 5.95 Å². The molecule has 28 heavy (non-hydrogen) atoms. The number of aromatic nitrogens is 4. The second-order valence-electron chi connectivity index (χ2n) is 6.33. The first-order valence-corrected chi connectivity index (χ1v) is 9.14. The fraction of sp³-hybridized carbons (Fsp3) is 0.316. The quantitative estimate of drug-likeness (QED) is 0.578. The van der Waals surface area contributed by atoms with Gasteiger partial charge in [0, 0.05) is 29.1 Å². The minimum Gasteiger partial charge on any atom is -0.497 e. The van der Waals surface area contributed by atoms with Crippen LogP contribution in [-0.2, 0) is 6.54 Å². The zero-order chi connectivity index (χ0) is 20.3. The lowest BCUT2D eigenvalue weighted by atomic mass is 10.2. The van der Waals surface area contributed by atoms with E-state index in [0.29, 0.717) is 28.8 Å². The van der Waals surface area contributed by atoms with E-state index in [0.717, 1.165) is 11.3 Å². The summed E-state index contributed by atoms with van der Waals surface area (Å²) in [5.74, 6) is 0.710. The third-order valence-electron chi connectivity index (χ3n) is 4.07. The van der Waals surface area contributed by atoms with Crippen LogP contribution in [0.15, 0.2) is 30.3 Å². The molecule has 0 amide bonds. The summed E-state index contributed by atoms with van der Waals surface area (Å²) < 4.78 is 20.4. The Morgan fingerprint density at radius 1 is 1.25 bits per heavy atom. The molecule has 2 aromatic heterocycles. The van der Waals surface area contributed by atoms with E-state index in [1.54, 1.807) is 16.8 Å². The summed E-state index contributed by atoms with van der Waals surface area (Å²) in [6.45, 7) is 3.97. The van der Waals surface area contributed by atoms with Crippen molar-refractivity contribution in [2.75, 3.05) is 12.4 Å². The highest BCUT2D eigenvalue weighted by Crippen LogP contribution is 2.26. The number of nitrogens with zero attached hydrogens (tertiary/aromatic N) is 4. The Morgan fingerprint density at radius 3 is 2.71 bits per heavy atom. The molecule has 2 N–H and O–H groups in total. The molecule has 0 unspecified atom stereocenters. The zero-order valence-electron chi connectivity index (χ0n) is 15.8. The second-order valence-corrected chi connectivity index (χ2v) is 6.72. The number of pyridine rings is 1. The molecule has 0 spiro atoms. The van der Waals surface area contributed by atoms with Gasteiger partial charge in [-0.3, -0.25) is 0 Å². The number of rotatable bonds is 7. The van der Waals surface area contributed by atoms with Crippen LogP contribution in [-0.4, -0.2) is 38.1 Å². The van der Waals surface area contributed by atoms with Crippen LogP contribution in [0.4, 0.5) is 16.0 Å². The van der Waals surface area contributed by atoms with Crippen LogP contribution in [0, 0.1) is 12.7 Å². The Kier molecular flexibility index (Phi) is 6.11. The van der Waals surface area contributed by atoms with E-state index in [4.69, 9.17) is 16.3 Å². The number of ether oxygens (including phenoxy) is 1. The molecular weight excluding hydrogens is 385 g/mol. The van der Waals surface area contributed by atoms with Crippen molar-refractivity contribution in [2.45, 2.75) is 32.9 Å². The van der Waals surface area contributed by atoms with Crippen LogP contribution in [0.2, 0.25) is 5.15 Å². The highest BCUT2D eigenvalue weighted by Gasteiger charge is 2.16. The molecule has 2 heterocycles. The second kappa shape index (κ2) is 8.53. The lowest BCUT2D eigenvalue weighted by molar-refractivity contribution is 0.146. The monoisotopic (exact) mass is 405 g/mol. The Bertz CT molecular complexity index is 959. The van der Waals surface area contributed by atoms with E-state index in [1.165, 1.54) is 19.2 Å². The van der Waals surface area contributed by atoms with Gasteiger partial charge in [-0.25, -0.2) is 14.1 Å². The van der Waals surface area contributed by atoms with Crippen molar-refractivity contribution in [3.05, 3.63) is 47.0 Å². The van der Waals surface area contributed by atoms with Gasteiger partial charge < -0.3 is 15.2 Å². The van der Waals surface area contributed by atoms with E-state index in [9.17, 15) is 9.50 Å². The number of benzene rings is 1. The van der Waals surface area contributed by atoms with Gasteiger partial charge in [0.05, 0.1) is 19.8 Å². The molecule has 148 valence electrons. The Morgan fingerprint density at radius 2 is 2.04 bits per heavy atom. The minimum absolute atomic E-state index is 0.256. The van der Waals surface area contributed by atoms with E-state index in [2.05, 4.69) is 20.4 Å². The van der Waals surface area contributed by atoms with Crippen molar-refractivity contribution in [3.8, 4) is 17.1 Å². The van der Waals surface area contributed by atoms with Gasteiger partial charge >= 0.3 is 0 Å². The van der Waals surface area contributed by atoms with Crippen molar-refractivity contribution in [1.29, 1.82) is 0 Å². The van der Waals surface area contributed by atoms with Gasteiger partial charge in [-0.05, 0) is 31.5 Å². The summed E-state index contributed by atoms with van der Waals surface area (Å²) in [4.78, 5) is 8.67. The van der Waals surface area contributed by atoms with Crippen molar-refractivity contribution < 1.29 is 14.2 Å². The number of aliphatic hydroxyl groups excluding tert-OH is 1. The molecule has 0 aliphatic heterocycles. The summed E-state index contributed by atoms with van der Waals surface area (Å²) >= 11 is 6.08. The molecule has 0 saturated heterocycles. The molecule has 9 heteroatoms. The first kappa shape index (κ1) is 20.0. The minimum atomic E-state index is -0.582. The molecule has 3 rings (SSSR count). The molecule has 1 atom stereocenters. The first-order chi connectivity index (χ1) is 13.4. The van der Waals surface area contributed by atoms with Crippen molar-refractivity contribution >= 4 is 23.2 Å². The number of methoxy groups -OCH3 is 1. The topological polar surface area (TPSA) is 85.1 Å². The lowest BCUT2D eigenvalue weighted by Gasteiger charge is -2.10. The Hall–Kier alpha value is -2.71. The molecule has 0 radical (unpaired) electrons. The van der Waals surface area contributed by atoms with Gasteiger partial charge in [-0.15, -0.1) is 5.10 Å². The normalized spacial score (nSPS) is 12.1. The van der Waals surface area contributed by atoms with E-state index in [1.807, 2.05) is 19.9 Å². The predicted molar refractivity (Wildman–Crippen MR) is 106 cm³/mol. The van der Waals surface area contributed by atoms with E-state index >= 15 is 0 Å². The highest BCUT2D eigenvalue weighted by atomic mass is 35.5. The highest BCUT2D eigenvalue weighted by molar-refractivity contribution is 6.29. The van der Waals surface area contributed by atoms with Crippen molar-refractivity contribution in [1.82, 2.24) is 19.7 Å². The Balaban J connectivity index is 2.00. The van der Waals surface area contributed by atoms with Crippen LogP contribution in [0.25, 0.3) is 11.4 Å². The van der Waals surface area contributed by atoms with Crippen LogP contribution < -0.4 is 10.1 Å². The standard InChI is InChI=1S/C19H21ClFN5O2/c1-4-15(27)10-26-18(12-5-11(2)22-17(20)6-12)24-19(25-26)23-14-7-13(21)8-16(9-14)28-3/h5-9,15,27H,4,10H2,1-3H3,(H,23,25)/t15-/m0/s1. The number of hydrogen-bond acceptors (Lipinski definition) is 6. The number of aliphatic hydroxyl groups is 1. The van der Waals surface area contributed by atoms with Gasteiger partial charge in [0.15, 0.2) is 5.82 Å². The molecule has 0 fully saturated rings. The number of halogens is 2. The fourth-order valence-electron chi connectivity index (χ4n) is 2.70. The number of hydrogen-bond donors (Lipinski definition) is 2. The summed E-state index contributed by atoms with van der Waals surface area (Å²) in [6, 6.07) is 7.75. The fourth-order valence-corrected chi connectivity index (χ4v) is 2.95. The molecule has 1 aromatic carbocycles. The third-order valence-corrected chi connectivity index (χ3v) is 4.26. The van der Waals surface area contributed by atoms with Crippen LogP contribution in [0.5, 0.6) is 5.75 Å². The molecule has 3 aromatic rings. The molecule has 0 saturated carbocycles. The van der Waals surface area contributed by atoms with Gasteiger partial charge in [-0.2, -0.15) is 4.98 Å². The molecule has 0 aliphatic carbocycles. The number of nitrogens with one attached hydrogen (secondary N) is 1. The molecule has 0 bridgehead atoms. The van der Waals surface area contributed by atoms with E-state index in [-0.39, 0.29) is 12.5 Å². The smallest absolute Gasteiger partial charge is 0.247 e. The maximum absolute atomic E-state index is 13.8. The zero-order valence-corrected chi connectivity index (χ0v) is 16.5. The van der Waals surface area contributed by atoms with Crippen molar-refractivity contribution in [2.24, 2.45) is 0 Å². The summed E-state index contributed by atoms with van der Waals surface area (Å²) in [5.41, 5.74) is 1.90.